The Morgan fingerprint density at radius 3 is 2.77 bits per heavy atom. The second-order valence-corrected chi connectivity index (χ2v) is 8.18. The first kappa shape index (κ1) is 21.2. The third kappa shape index (κ3) is 5.39. The molecule has 2 aromatic carbocycles. The number of benzene rings is 2. The van der Waals surface area contributed by atoms with Crippen LogP contribution in [0.5, 0.6) is 5.75 Å². The van der Waals surface area contributed by atoms with Crippen molar-refractivity contribution in [3.8, 4) is 5.75 Å². The number of guanidine groups is 1. The van der Waals surface area contributed by atoms with Crippen molar-refractivity contribution in [1.82, 2.24) is 15.6 Å². The number of aliphatic imine (C=N–C) groups is 1. The minimum absolute atomic E-state index is 0.137. The highest BCUT2D eigenvalue weighted by atomic mass is 16.5. The van der Waals surface area contributed by atoms with Crippen molar-refractivity contribution in [3.05, 3.63) is 64.8 Å². The van der Waals surface area contributed by atoms with Gasteiger partial charge in [-0.15, -0.1) is 0 Å². The molecule has 4 rings (SSSR count). The second kappa shape index (κ2) is 9.88. The van der Waals surface area contributed by atoms with Crippen LogP contribution in [0.15, 0.2) is 47.6 Å². The molecule has 1 aliphatic heterocycles. The monoisotopic (exact) mass is 420 g/mol. The van der Waals surface area contributed by atoms with E-state index >= 15 is 0 Å². The van der Waals surface area contributed by atoms with E-state index in [-0.39, 0.29) is 6.10 Å². The quantitative estimate of drug-likeness (QED) is 0.401. The van der Waals surface area contributed by atoms with Gasteiger partial charge in [-0.05, 0) is 49.1 Å². The molecule has 1 saturated heterocycles. The Morgan fingerprint density at radius 1 is 1.13 bits per heavy atom. The zero-order valence-electron chi connectivity index (χ0n) is 18.6. The Kier molecular flexibility index (Phi) is 6.77. The third-order valence-electron chi connectivity index (χ3n) is 5.68. The highest BCUT2D eigenvalue weighted by Crippen LogP contribution is 2.24. The molecule has 0 aliphatic carbocycles. The van der Waals surface area contributed by atoms with Gasteiger partial charge in [0.2, 0.25) is 0 Å². The molecule has 0 spiro atoms. The fraction of sp³-hybridized carbons (Fsp3) is 0.400. The van der Waals surface area contributed by atoms with Gasteiger partial charge < -0.3 is 25.1 Å². The molecule has 3 aromatic rings. The van der Waals surface area contributed by atoms with E-state index in [4.69, 9.17) is 9.47 Å². The van der Waals surface area contributed by atoms with Gasteiger partial charge in [0.05, 0.1) is 13.2 Å². The van der Waals surface area contributed by atoms with Crippen molar-refractivity contribution in [1.29, 1.82) is 0 Å². The molecular formula is C25H32N4O2. The average molecular weight is 421 g/mol. The van der Waals surface area contributed by atoms with Gasteiger partial charge in [-0.1, -0.05) is 24.3 Å². The lowest BCUT2D eigenvalue weighted by molar-refractivity contribution is 0.140. The van der Waals surface area contributed by atoms with E-state index in [0.717, 1.165) is 43.3 Å². The molecule has 1 unspecified atom stereocenters. The summed E-state index contributed by atoms with van der Waals surface area (Å²) in [6.07, 6.45) is 4.10. The summed E-state index contributed by atoms with van der Waals surface area (Å²) in [6, 6.07) is 12.9. The molecule has 0 radical (unpaired) electrons. The summed E-state index contributed by atoms with van der Waals surface area (Å²) in [5.41, 5.74) is 6.08. The Balaban J connectivity index is 1.32. The number of aromatic nitrogens is 1. The molecule has 0 amide bonds. The zero-order valence-corrected chi connectivity index (χ0v) is 18.6. The lowest BCUT2D eigenvalue weighted by atomic mass is 10.1. The first-order valence-corrected chi connectivity index (χ1v) is 11.0. The molecule has 1 aliphatic rings. The Morgan fingerprint density at radius 2 is 1.97 bits per heavy atom. The summed E-state index contributed by atoms with van der Waals surface area (Å²) in [5, 5.41) is 8.12. The van der Waals surface area contributed by atoms with Crippen LogP contribution in [-0.2, 0) is 17.7 Å². The van der Waals surface area contributed by atoms with E-state index < -0.39 is 0 Å². The highest BCUT2D eigenvalue weighted by Gasteiger charge is 2.18. The standard InChI is InChI=1S/C25H32N4O2/c1-17-5-7-22-19(14-28-23(22)12-17)8-10-27-25(26-3)29-15-20-6-4-18(2)13-24(20)31-21-9-11-30-16-21/h4-7,12-14,21,28H,8-11,15-16H2,1-3H3,(H2,26,27,29). The van der Waals surface area contributed by atoms with Crippen LogP contribution in [0.25, 0.3) is 10.9 Å². The van der Waals surface area contributed by atoms with Crippen LogP contribution in [0.3, 0.4) is 0 Å². The maximum Gasteiger partial charge on any atom is 0.191 e. The molecule has 6 heteroatoms. The first-order valence-electron chi connectivity index (χ1n) is 11.0. The van der Waals surface area contributed by atoms with Crippen LogP contribution in [-0.4, -0.2) is 43.9 Å². The van der Waals surface area contributed by atoms with Crippen molar-refractivity contribution in [2.75, 3.05) is 26.8 Å². The summed E-state index contributed by atoms with van der Waals surface area (Å²) in [6.45, 7) is 7.09. The highest BCUT2D eigenvalue weighted by molar-refractivity contribution is 5.84. The van der Waals surface area contributed by atoms with E-state index in [1.165, 1.54) is 27.6 Å². The van der Waals surface area contributed by atoms with Crippen LogP contribution in [0, 0.1) is 13.8 Å². The number of nitrogens with one attached hydrogen (secondary N) is 3. The molecule has 1 atom stereocenters. The Hall–Kier alpha value is -2.99. The van der Waals surface area contributed by atoms with Crippen molar-refractivity contribution in [2.24, 2.45) is 4.99 Å². The molecule has 0 bridgehead atoms. The van der Waals surface area contributed by atoms with E-state index in [2.05, 4.69) is 77.1 Å². The number of rotatable bonds is 7. The number of ether oxygens (including phenoxy) is 2. The van der Waals surface area contributed by atoms with E-state index in [0.29, 0.717) is 13.2 Å². The van der Waals surface area contributed by atoms with E-state index in [1.807, 2.05) is 0 Å². The molecule has 6 nitrogen and oxygen atoms in total. The largest absolute Gasteiger partial charge is 0.488 e. The molecule has 164 valence electrons. The number of aromatic amines is 1. The zero-order chi connectivity index (χ0) is 21.6. The van der Waals surface area contributed by atoms with Gasteiger partial charge >= 0.3 is 0 Å². The molecule has 1 aromatic heterocycles. The Labute approximate surface area is 184 Å². The van der Waals surface area contributed by atoms with Gasteiger partial charge in [0.25, 0.3) is 0 Å². The smallest absolute Gasteiger partial charge is 0.191 e. The SMILES string of the molecule is CN=C(NCCc1c[nH]c2cc(C)ccc12)NCc1ccc(C)cc1OC1CCOC1. The van der Waals surface area contributed by atoms with Gasteiger partial charge in [0, 0.05) is 49.2 Å². The molecule has 0 saturated carbocycles. The summed E-state index contributed by atoms with van der Waals surface area (Å²) in [4.78, 5) is 7.74. The summed E-state index contributed by atoms with van der Waals surface area (Å²) >= 11 is 0. The third-order valence-corrected chi connectivity index (χ3v) is 5.68. The number of hydrogen-bond donors (Lipinski definition) is 3. The minimum atomic E-state index is 0.137. The summed E-state index contributed by atoms with van der Waals surface area (Å²) < 4.78 is 11.7. The van der Waals surface area contributed by atoms with Gasteiger partial charge in [-0.2, -0.15) is 0 Å². The van der Waals surface area contributed by atoms with Crippen molar-refractivity contribution >= 4 is 16.9 Å². The minimum Gasteiger partial charge on any atom is -0.488 e. The molecule has 1 fully saturated rings. The van der Waals surface area contributed by atoms with Gasteiger partial charge in [-0.25, -0.2) is 0 Å². The van der Waals surface area contributed by atoms with Crippen LogP contribution < -0.4 is 15.4 Å². The normalized spacial score (nSPS) is 16.6. The van der Waals surface area contributed by atoms with Crippen LogP contribution in [0.2, 0.25) is 0 Å². The van der Waals surface area contributed by atoms with Crippen LogP contribution in [0.1, 0.15) is 28.7 Å². The topological polar surface area (TPSA) is 70.7 Å². The second-order valence-electron chi connectivity index (χ2n) is 8.18. The molecule has 2 heterocycles. The first-order chi connectivity index (χ1) is 15.1. The van der Waals surface area contributed by atoms with Gasteiger partial charge in [0.15, 0.2) is 5.96 Å². The van der Waals surface area contributed by atoms with Crippen molar-refractivity contribution < 1.29 is 9.47 Å². The van der Waals surface area contributed by atoms with Crippen molar-refractivity contribution in [2.45, 2.75) is 39.3 Å². The van der Waals surface area contributed by atoms with Crippen LogP contribution in [0.4, 0.5) is 0 Å². The predicted molar refractivity (Wildman–Crippen MR) is 126 cm³/mol. The molecule has 3 N–H and O–H groups in total. The summed E-state index contributed by atoms with van der Waals surface area (Å²) in [5.74, 6) is 1.71. The number of hydrogen-bond acceptors (Lipinski definition) is 3. The van der Waals surface area contributed by atoms with Gasteiger partial charge in [0.1, 0.15) is 11.9 Å². The average Bonchev–Trinajstić information content (AvgIpc) is 3.41. The lowest BCUT2D eigenvalue weighted by Gasteiger charge is -2.18. The number of nitrogens with zero attached hydrogens (tertiary/aromatic N) is 1. The number of fused-ring (bicyclic) bond motifs is 1. The number of aryl methyl sites for hydroxylation is 2. The maximum absolute atomic E-state index is 6.20. The number of H-pyrrole nitrogens is 1. The van der Waals surface area contributed by atoms with Gasteiger partial charge in [-0.3, -0.25) is 4.99 Å². The molecule has 31 heavy (non-hydrogen) atoms. The fourth-order valence-corrected chi connectivity index (χ4v) is 3.93. The van der Waals surface area contributed by atoms with E-state index in [1.54, 1.807) is 7.05 Å². The Bertz CT molecular complexity index is 1050. The molecular weight excluding hydrogens is 388 g/mol. The van der Waals surface area contributed by atoms with Crippen molar-refractivity contribution in [3.63, 3.8) is 0 Å². The predicted octanol–water partition coefficient (Wildman–Crippen LogP) is 3.86. The van der Waals surface area contributed by atoms with Crippen LogP contribution >= 0.6 is 0 Å². The fourth-order valence-electron chi connectivity index (χ4n) is 3.93. The maximum atomic E-state index is 6.20. The van der Waals surface area contributed by atoms with E-state index in [9.17, 15) is 0 Å². The lowest BCUT2D eigenvalue weighted by Crippen LogP contribution is -2.38. The summed E-state index contributed by atoms with van der Waals surface area (Å²) in [7, 11) is 1.80.